The summed E-state index contributed by atoms with van der Waals surface area (Å²) >= 11 is 0. The van der Waals surface area contributed by atoms with Crippen molar-refractivity contribution in [1.82, 2.24) is 9.88 Å². The first-order valence-electron chi connectivity index (χ1n) is 8.15. The van der Waals surface area contributed by atoms with Gasteiger partial charge in [-0.25, -0.2) is 4.39 Å². The van der Waals surface area contributed by atoms with Crippen LogP contribution >= 0.6 is 0 Å². The van der Waals surface area contributed by atoms with Crippen molar-refractivity contribution < 1.29 is 22.4 Å². The Hall–Kier alpha value is -2.80. The van der Waals surface area contributed by atoms with Crippen molar-refractivity contribution in [2.75, 3.05) is 20.1 Å². The third-order valence-electron chi connectivity index (χ3n) is 4.13. The Bertz CT molecular complexity index is 917. The minimum Gasteiger partial charge on any atom is -0.298 e. The number of piperidine rings is 1. The van der Waals surface area contributed by atoms with E-state index in [1.807, 2.05) is 18.0 Å². The summed E-state index contributed by atoms with van der Waals surface area (Å²) in [6, 6.07) is 6.21. The molecule has 1 aromatic carbocycles. The van der Waals surface area contributed by atoms with Gasteiger partial charge < -0.3 is 0 Å². The van der Waals surface area contributed by atoms with Crippen molar-refractivity contribution in [2.24, 2.45) is 0 Å². The molecule has 7 heteroatoms. The van der Waals surface area contributed by atoms with Crippen molar-refractivity contribution in [3.63, 3.8) is 0 Å². The molecule has 0 N–H and O–H groups in total. The van der Waals surface area contributed by atoms with E-state index in [9.17, 15) is 22.4 Å². The number of alkyl halides is 3. The van der Waals surface area contributed by atoms with Crippen molar-refractivity contribution in [3.05, 3.63) is 76.4 Å². The number of Topliss-reactive ketones (excluding diaryl/α,β-unsaturated/α-hetero) is 1. The van der Waals surface area contributed by atoms with Gasteiger partial charge >= 0.3 is 6.18 Å². The molecule has 0 radical (unpaired) electrons. The number of hydrogen-bond acceptors (Lipinski definition) is 3. The lowest BCUT2D eigenvalue weighted by Crippen LogP contribution is -2.34. The molecule has 140 valence electrons. The van der Waals surface area contributed by atoms with E-state index in [4.69, 9.17) is 0 Å². The Morgan fingerprint density at radius 1 is 1.07 bits per heavy atom. The second kappa shape index (κ2) is 7.44. The molecule has 0 saturated carbocycles. The molecule has 3 rings (SSSR count). The van der Waals surface area contributed by atoms with Gasteiger partial charge in [0.2, 0.25) is 0 Å². The lowest BCUT2D eigenvalue weighted by Gasteiger charge is -2.26. The van der Waals surface area contributed by atoms with Crippen LogP contribution in [-0.4, -0.2) is 35.8 Å². The first-order chi connectivity index (χ1) is 12.7. The highest BCUT2D eigenvalue weighted by Gasteiger charge is 2.34. The number of likely N-dealkylation sites (tertiary alicyclic amines) is 1. The van der Waals surface area contributed by atoms with Crippen LogP contribution in [0.1, 0.15) is 16.7 Å². The van der Waals surface area contributed by atoms with Crippen LogP contribution in [0.5, 0.6) is 0 Å². The molecule has 0 amide bonds. The van der Waals surface area contributed by atoms with Gasteiger partial charge in [0.1, 0.15) is 5.82 Å². The highest BCUT2D eigenvalue weighted by Crippen LogP contribution is 2.32. The number of carbonyl (C=O) groups excluding carboxylic acids is 1. The minimum atomic E-state index is -4.75. The van der Waals surface area contributed by atoms with Gasteiger partial charge in [0.25, 0.3) is 0 Å². The van der Waals surface area contributed by atoms with Crippen LogP contribution in [-0.2, 0) is 11.0 Å². The van der Waals surface area contributed by atoms with Gasteiger partial charge in [-0.15, -0.1) is 0 Å². The van der Waals surface area contributed by atoms with Crippen molar-refractivity contribution >= 4 is 17.9 Å². The molecule has 2 heterocycles. The van der Waals surface area contributed by atoms with Crippen LogP contribution in [0.2, 0.25) is 0 Å². The first-order valence-corrected chi connectivity index (χ1v) is 8.15. The molecule has 1 fully saturated rings. The van der Waals surface area contributed by atoms with E-state index in [1.165, 1.54) is 6.08 Å². The maximum Gasteiger partial charge on any atom is 0.419 e. The number of halogens is 4. The molecule has 3 nitrogen and oxygen atoms in total. The van der Waals surface area contributed by atoms with Crippen LogP contribution in [0.3, 0.4) is 0 Å². The standard InChI is InChI=1S/C20H16F4N2O/c1-26-11-15(7-13-4-5-17(18(21)9-13)20(22,23)24)19(27)16(12-26)8-14-3-2-6-25-10-14/h2-10H,11-12H2,1H3/b15-7+,16-8+. The third kappa shape index (κ3) is 4.49. The number of pyridine rings is 1. The predicted molar refractivity (Wildman–Crippen MR) is 94.1 cm³/mol. The lowest BCUT2D eigenvalue weighted by molar-refractivity contribution is -0.140. The van der Waals surface area contributed by atoms with E-state index in [0.29, 0.717) is 30.3 Å². The molecule has 1 aliphatic rings. The number of ketones is 1. The average molecular weight is 376 g/mol. The summed E-state index contributed by atoms with van der Waals surface area (Å²) in [5.74, 6) is -1.57. The molecular formula is C20H16F4N2O. The normalized spacial score (nSPS) is 19.1. The van der Waals surface area contributed by atoms with Crippen molar-refractivity contribution in [1.29, 1.82) is 0 Å². The largest absolute Gasteiger partial charge is 0.419 e. The Morgan fingerprint density at radius 3 is 2.30 bits per heavy atom. The fourth-order valence-corrected chi connectivity index (χ4v) is 2.92. The van der Waals surface area contributed by atoms with Gasteiger partial charge in [-0.1, -0.05) is 12.1 Å². The summed E-state index contributed by atoms with van der Waals surface area (Å²) in [7, 11) is 1.82. The van der Waals surface area contributed by atoms with Gasteiger partial charge in [0.05, 0.1) is 5.56 Å². The van der Waals surface area contributed by atoms with Crippen molar-refractivity contribution in [2.45, 2.75) is 6.18 Å². The monoisotopic (exact) mass is 376 g/mol. The summed E-state index contributed by atoms with van der Waals surface area (Å²) in [6.45, 7) is 0.762. The number of aromatic nitrogens is 1. The smallest absolute Gasteiger partial charge is 0.298 e. The number of rotatable bonds is 2. The van der Waals surface area contributed by atoms with E-state index in [2.05, 4.69) is 4.98 Å². The Morgan fingerprint density at radius 2 is 1.74 bits per heavy atom. The molecular weight excluding hydrogens is 360 g/mol. The molecule has 0 bridgehead atoms. The fourth-order valence-electron chi connectivity index (χ4n) is 2.92. The molecule has 0 unspecified atom stereocenters. The molecule has 0 spiro atoms. The average Bonchev–Trinajstić information content (AvgIpc) is 2.59. The van der Waals surface area contributed by atoms with Gasteiger partial charge in [-0.2, -0.15) is 13.2 Å². The Balaban J connectivity index is 1.92. The van der Waals surface area contributed by atoms with E-state index < -0.39 is 17.6 Å². The topological polar surface area (TPSA) is 33.2 Å². The highest BCUT2D eigenvalue weighted by molar-refractivity contribution is 6.14. The zero-order valence-electron chi connectivity index (χ0n) is 14.4. The minimum absolute atomic E-state index is 0.208. The summed E-state index contributed by atoms with van der Waals surface area (Å²) < 4.78 is 51.8. The maximum atomic E-state index is 13.8. The van der Waals surface area contributed by atoms with Crippen LogP contribution in [0, 0.1) is 5.82 Å². The van der Waals surface area contributed by atoms with E-state index in [-0.39, 0.29) is 11.3 Å². The predicted octanol–water partition coefficient (Wildman–Crippen LogP) is 4.22. The summed E-state index contributed by atoms with van der Waals surface area (Å²) in [5, 5.41) is 0. The highest BCUT2D eigenvalue weighted by atomic mass is 19.4. The van der Waals surface area contributed by atoms with E-state index in [1.54, 1.807) is 24.5 Å². The quantitative estimate of drug-likeness (QED) is 0.581. The summed E-state index contributed by atoms with van der Waals surface area (Å²) in [5.41, 5.74) is 0.582. The second-order valence-corrected chi connectivity index (χ2v) is 6.36. The molecule has 2 aromatic rings. The van der Waals surface area contributed by atoms with Gasteiger partial charge in [0.15, 0.2) is 5.78 Å². The van der Waals surface area contributed by atoms with Gasteiger partial charge in [-0.05, 0) is 48.5 Å². The number of likely N-dealkylation sites (N-methyl/N-ethyl adjacent to an activating group) is 1. The van der Waals surface area contributed by atoms with Crippen molar-refractivity contribution in [3.8, 4) is 0 Å². The zero-order chi connectivity index (χ0) is 19.6. The van der Waals surface area contributed by atoms with Crippen LogP contribution in [0.15, 0.2) is 53.9 Å². The Kier molecular flexibility index (Phi) is 5.23. The Labute approximate surface area is 153 Å². The van der Waals surface area contributed by atoms with Crippen LogP contribution in [0.25, 0.3) is 12.2 Å². The molecule has 1 aromatic heterocycles. The molecule has 27 heavy (non-hydrogen) atoms. The molecule has 0 atom stereocenters. The maximum absolute atomic E-state index is 13.8. The van der Waals surface area contributed by atoms with Gasteiger partial charge in [-0.3, -0.25) is 14.7 Å². The number of nitrogens with zero attached hydrogens (tertiary/aromatic N) is 2. The van der Waals surface area contributed by atoms with E-state index in [0.717, 1.165) is 17.7 Å². The number of benzene rings is 1. The first kappa shape index (κ1) is 19.0. The number of carbonyl (C=O) groups is 1. The molecule has 1 aliphatic heterocycles. The summed E-state index contributed by atoms with van der Waals surface area (Å²) in [6.07, 6.45) is 1.66. The second-order valence-electron chi connectivity index (χ2n) is 6.36. The molecule has 0 aliphatic carbocycles. The fraction of sp³-hybridized carbons (Fsp3) is 0.200. The van der Waals surface area contributed by atoms with E-state index >= 15 is 0 Å². The SMILES string of the molecule is CN1C/C(=C\c2cccnc2)C(=O)/C(=C/c2ccc(C(F)(F)F)c(F)c2)C1. The zero-order valence-corrected chi connectivity index (χ0v) is 14.4. The van der Waals surface area contributed by atoms with Gasteiger partial charge in [0, 0.05) is 36.6 Å². The van der Waals surface area contributed by atoms with Crippen LogP contribution in [0.4, 0.5) is 17.6 Å². The lowest BCUT2D eigenvalue weighted by atomic mass is 9.94. The number of hydrogen-bond donors (Lipinski definition) is 0. The summed E-state index contributed by atoms with van der Waals surface area (Å²) in [4.78, 5) is 18.6. The molecule has 1 saturated heterocycles. The third-order valence-corrected chi connectivity index (χ3v) is 4.13. The van der Waals surface area contributed by atoms with Crippen LogP contribution < -0.4 is 0 Å².